The highest BCUT2D eigenvalue weighted by Gasteiger charge is 2.16. The third kappa shape index (κ3) is 4.21. The Labute approximate surface area is 112 Å². The largest absolute Gasteiger partial charge is 0.478 e. The van der Waals surface area contributed by atoms with E-state index in [2.05, 4.69) is 4.98 Å². The smallest absolute Gasteiger partial charge is 0.331 e. The molecule has 0 unspecified atom stereocenters. The van der Waals surface area contributed by atoms with Crippen LogP contribution in [-0.2, 0) is 16.0 Å². The van der Waals surface area contributed by atoms with Gasteiger partial charge in [0.15, 0.2) is 0 Å². The molecule has 0 aliphatic carbocycles. The predicted octanol–water partition coefficient (Wildman–Crippen LogP) is 1.50. The van der Waals surface area contributed by atoms with Crippen LogP contribution in [0.25, 0.3) is 0 Å². The Morgan fingerprint density at radius 2 is 1.95 bits per heavy atom. The van der Waals surface area contributed by atoms with Crippen LogP contribution in [0.15, 0.2) is 35.5 Å². The number of likely N-dealkylation sites (N-methyl/N-ethyl adjacent to an activating group) is 1. The van der Waals surface area contributed by atoms with Gasteiger partial charge in [-0.25, -0.2) is 4.79 Å². The Balaban J connectivity index is 2.64. The molecule has 0 radical (unpaired) electrons. The molecule has 102 valence electrons. The van der Waals surface area contributed by atoms with Gasteiger partial charge in [-0.05, 0) is 26.0 Å². The molecule has 0 aromatic carbocycles. The summed E-state index contributed by atoms with van der Waals surface area (Å²) >= 11 is 0. The van der Waals surface area contributed by atoms with Crippen molar-refractivity contribution in [3.63, 3.8) is 0 Å². The molecule has 1 amide bonds. The van der Waals surface area contributed by atoms with E-state index in [-0.39, 0.29) is 17.1 Å². The number of carbonyl (C=O) groups excluding carboxylic acids is 1. The van der Waals surface area contributed by atoms with Crippen LogP contribution in [-0.4, -0.2) is 40.5 Å². The molecule has 5 heteroatoms. The second kappa shape index (κ2) is 6.68. The van der Waals surface area contributed by atoms with Crippen LogP contribution in [0, 0.1) is 0 Å². The number of aliphatic carboxylic acids is 1. The van der Waals surface area contributed by atoms with Gasteiger partial charge in [0.25, 0.3) is 0 Å². The Bertz CT molecular complexity index is 495. The summed E-state index contributed by atoms with van der Waals surface area (Å²) < 4.78 is 0. The summed E-state index contributed by atoms with van der Waals surface area (Å²) in [6, 6.07) is 5.62. The number of rotatable bonds is 5. The lowest BCUT2D eigenvalue weighted by Crippen LogP contribution is -2.30. The highest BCUT2D eigenvalue weighted by atomic mass is 16.4. The number of carbonyl (C=O) groups is 2. The van der Waals surface area contributed by atoms with Gasteiger partial charge in [-0.1, -0.05) is 6.07 Å². The zero-order chi connectivity index (χ0) is 14.4. The topological polar surface area (TPSA) is 70.5 Å². The molecule has 0 fully saturated rings. The molecule has 1 rings (SSSR count). The zero-order valence-electron chi connectivity index (χ0n) is 11.4. The molecule has 0 atom stereocenters. The molecule has 1 heterocycles. The monoisotopic (exact) mass is 262 g/mol. The van der Waals surface area contributed by atoms with Gasteiger partial charge in [0.1, 0.15) is 0 Å². The first-order valence-corrected chi connectivity index (χ1v) is 5.99. The van der Waals surface area contributed by atoms with Gasteiger partial charge in [0.2, 0.25) is 5.91 Å². The molecule has 19 heavy (non-hydrogen) atoms. The van der Waals surface area contributed by atoms with Gasteiger partial charge in [0, 0.05) is 43.1 Å². The Morgan fingerprint density at radius 1 is 1.26 bits per heavy atom. The highest BCUT2D eigenvalue weighted by Crippen LogP contribution is 2.07. The minimum absolute atomic E-state index is 0.0784. The van der Waals surface area contributed by atoms with E-state index >= 15 is 0 Å². The molecule has 0 saturated carbocycles. The fourth-order valence-corrected chi connectivity index (χ4v) is 1.54. The fraction of sp³-hybridized carbons (Fsp3) is 0.357. The van der Waals surface area contributed by atoms with Crippen molar-refractivity contribution in [1.82, 2.24) is 9.88 Å². The molecule has 5 nitrogen and oxygen atoms in total. The van der Waals surface area contributed by atoms with E-state index in [0.29, 0.717) is 13.0 Å². The normalized spacial score (nSPS) is 11.7. The number of hydrogen-bond acceptors (Lipinski definition) is 3. The third-order valence-electron chi connectivity index (χ3n) is 2.98. The van der Waals surface area contributed by atoms with Crippen molar-refractivity contribution in [2.75, 3.05) is 13.6 Å². The van der Waals surface area contributed by atoms with Gasteiger partial charge < -0.3 is 10.0 Å². The molecule has 0 saturated heterocycles. The maximum Gasteiger partial charge on any atom is 0.331 e. The van der Waals surface area contributed by atoms with E-state index in [1.807, 2.05) is 18.2 Å². The summed E-state index contributed by atoms with van der Waals surface area (Å²) in [6.07, 6.45) is 2.35. The second-order valence-corrected chi connectivity index (χ2v) is 4.35. The first kappa shape index (κ1) is 14.9. The van der Waals surface area contributed by atoms with E-state index in [1.54, 1.807) is 13.2 Å². The average Bonchev–Trinajstić information content (AvgIpc) is 2.43. The lowest BCUT2D eigenvalue weighted by Gasteiger charge is -2.18. The van der Waals surface area contributed by atoms with Gasteiger partial charge in [-0.15, -0.1) is 0 Å². The minimum atomic E-state index is -1.07. The second-order valence-electron chi connectivity index (χ2n) is 4.35. The fourth-order valence-electron chi connectivity index (χ4n) is 1.54. The summed E-state index contributed by atoms with van der Waals surface area (Å²) in [4.78, 5) is 28.5. The number of amides is 1. The van der Waals surface area contributed by atoms with Crippen LogP contribution in [0.1, 0.15) is 19.5 Å². The van der Waals surface area contributed by atoms with Gasteiger partial charge >= 0.3 is 5.97 Å². The van der Waals surface area contributed by atoms with Crippen LogP contribution >= 0.6 is 0 Å². The van der Waals surface area contributed by atoms with E-state index < -0.39 is 5.97 Å². The van der Waals surface area contributed by atoms with E-state index in [4.69, 9.17) is 5.11 Å². The molecule has 0 bridgehead atoms. The third-order valence-corrected chi connectivity index (χ3v) is 2.98. The van der Waals surface area contributed by atoms with Crippen LogP contribution in [0.2, 0.25) is 0 Å². The van der Waals surface area contributed by atoms with Crippen molar-refractivity contribution >= 4 is 11.9 Å². The maximum atomic E-state index is 12.0. The van der Waals surface area contributed by atoms with Crippen LogP contribution in [0.5, 0.6) is 0 Å². The lowest BCUT2D eigenvalue weighted by molar-refractivity contribution is -0.133. The zero-order valence-corrected chi connectivity index (χ0v) is 11.4. The molecule has 0 aliphatic heterocycles. The van der Waals surface area contributed by atoms with Crippen molar-refractivity contribution in [1.29, 1.82) is 0 Å². The quantitative estimate of drug-likeness (QED) is 0.816. The molecule has 0 spiro atoms. The molecular formula is C14H18N2O3. The van der Waals surface area contributed by atoms with Crippen molar-refractivity contribution in [3.05, 3.63) is 41.2 Å². The maximum absolute atomic E-state index is 12.0. The molecular weight excluding hydrogens is 244 g/mol. The van der Waals surface area contributed by atoms with Crippen molar-refractivity contribution in [2.24, 2.45) is 0 Å². The number of carboxylic acid groups (broad SMARTS) is 1. The van der Waals surface area contributed by atoms with Crippen LogP contribution in [0.3, 0.4) is 0 Å². The summed E-state index contributed by atoms with van der Waals surface area (Å²) in [7, 11) is 1.66. The standard InChI is InChI=1S/C14H18N2O3/c1-10(11(2)14(18)19)13(17)16(3)9-7-12-6-4-5-8-15-12/h4-6,8H,7,9H2,1-3H3,(H,18,19). The van der Waals surface area contributed by atoms with E-state index in [0.717, 1.165) is 5.69 Å². The molecule has 1 N–H and O–H groups in total. The Hall–Kier alpha value is -2.17. The van der Waals surface area contributed by atoms with Gasteiger partial charge in [0.05, 0.1) is 0 Å². The molecule has 1 aromatic heterocycles. The SMILES string of the molecule is CC(C(=O)O)=C(C)C(=O)N(C)CCc1ccccn1. The predicted molar refractivity (Wildman–Crippen MR) is 71.6 cm³/mol. The van der Waals surface area contributed by atoms with Crippen LogP contribution in [0.4, 0.5) is 0 Å². The number of nitrogens with zero attached hydrogens (tertiary/aromatic N) is 2. The van der Waals surface area contributed by atoms with Crippen molar-refractivity contribution in [2.45, 2.75) is 20.3 Å². The highest BCUT2D eigenvalue weighted by molar-refractivity contribution is 6.01. The van der Waals surface area contributed by atoms with Crippen LogP contribution < -0.4 is 0 Å². The Morgan fingerprint density at radius 3 is 2.47 bits per heavy atom. The molecule has 0 aliphatic rings. The Kier molecular flexibility index (Phi) is 5.23. The average molecular weight is 262 g/mol. The van der Waals surface area contributed by atoms with Gasteiger partial charge in [-0.3, -0.25) is 9.78 Å². The van der Waals surface area contributed by atoms with Crippen molar-refractivity contribution < 1.29 is 14.7 Å². The number of hydrogen-bond donors (Lipinski definition) is 1. The number of pyridine rings is 1. The molecule has 1 aromatic rings. The van der Waals surface area contributed by atoms with E-state index in [1.165, 1.54) is 18.7 Å². The number of aromatic nitrogens is 1. The van der Waals surface area contributed by atoms with Gasteiger partial charge in [-0.2, -0.15) is 0 Å². The number of carboxylic acids is 1. The summed E-state index contributed by atoms with van der Waals surface area (Å²) in [5.41, 5.74) is 1.24. The summed E-state index contributed by atoms with van der Waals surface area (Å²) in [5.74, 6) is -1.33. The van der Waals surface area contributed by atoms with E-state index in [9.17, 15) is 9.59 Å². The minimum Gasteiger partial charge on any atom is -0.478 e. The summed E-state index contributed by atoms with van der Waals surface area (Å²) in [6.45, 7) is 3.46. The first-order chi connectivity index (χ1) is 8.93. The summed E-state index contributed by atoms with van der Waals surface area (Å²) in [5, 5.41) is 8.85. The first-order valence-electron chi connectivity index (χ1n) is 5.99. The van der Waals surface area contributed by atoms with Crippen molar-refractivity contribution in [3.8, 4) is 0 Å². The lowest BCUT2D eigenvalue weighted by atomic mass is 10.1.